The molecule has 2 heterocycles. The Labute approximate surface area is 131 Å². The van der Waals surface area contributed by atoms with Crippen LogP contribution in [-0.4, -0.2) is 20.3 Å². The first-order valence-electron chi connectivity index (χ1n) is 6.80. The SMILES string of the molecule is Cc1cc(C(=O)Cn2cnc3cc(Cl)ccc3c2=O)c(C)[nH]1. The molecule has 1 aromatic carbocycles. The number of hydrogen-bond donors (Lipinski definition) is 1. The van der Waals surface area contributed by atoms with Crippen LogP contribution < -0.4 is 5.56 Å². The number of aromatic nitrogens is 3. The quantitative estimate of drug-likeness (QED) is 0.756. The molecule has 0 saturated carbocycles. The van der Waals surface area contributed by atoms with Gasteiger partial charge in [-0.25, -0.2) is 4.98 Å². The van der Waals surface area contributed by atoms with E-state index in [1.165, 1.54) is 10.9 Å². The molecule has 6 heteroatoms. The number of aryl methyl sites for hydroxylation is 2. The van der Waals surface area contributed by atoms with Crippen molar-refractivity contribution in [2.24, 2.45) is 0 Å². The third-order valence-electron chi connectivity index (χ3n) is 3.55. The van der Waals surface area contributed by atoms with Gasteiger partial charge in [0.2, 0.25) is 0 Å². The Hall–Kier alpha value is -2.40. The fourth-order valence-electron chi connectivity index (χ4n) is 2.50. The molecule has 1 N–H and O–H groups in total. The number of carbonyl (C=O) groups excluding carboxylic acids is 1. The molecule has 0 spiro atoms. The van der Waals surface area contributed by atoms with E-state index in [0.29, 0.717) is 21.5 Å². The van der Waals surface area contributed by atoms with E-state index in [0.717, 1.165) is 11.4 Å². The van der Waals surface area contributed by atoms with Crippen molar-refractivity contribution in [3.05, 3.63) is 62.9 Å². The Morgan fingerprint density at radius 3 is 2.77 bits per heavy atom. The molecule has 0 aliphatic carbocycles. The van der Waals surface area contributed by atoms with Crippen LogP contribution in [0.25, 0.3) is 10.9 Å². The Morgan fingerprint density at radius 2 is 2.09 bits per heavy atom. The summed E-state index contributed by atoms with van der Waals surface area (Å²) in [5.74, 6) is -0.126. The van der Waals surface area contributed by atoms with Crippen LogP contribution in [0, 0.1) is 13.8 Å². The molecule has 0 amide bonds. The van der Waals surface area contributed by atoms with Gasteiger partial charge in [-0.3, -0.25) is 14.2 Å². The van der Waals surface area contributed by atoms with E-state index in [2.05, 4.69) is 9.97 Å². The van der Waals surface area contributed by atoms with Gasteiger partial charge in [-0.05, 0) is 38.1 Å². The molecule has 0 bridgehead atoms. The lowest BCUT2D eigenvalue weighted by Crippen LogP contribution is -2.24. The number of carbonyl (C=O) groups is 1. The smallest absolute Gasteiger partial charge is 0.261 e. The fraction of sp³-hybridized carbons (Fsp3) is 0.188. The van der Waals surface area contributed by atoms with Crippen molar-refractivity contribution in [3.63, 3.8) is 0 Å². The monoisotopic (exact) mass is 315 g/mol. The molecule has 22 heavy (non-hydrogen) atoms. The van der Waals surface area contributed by atoms with Gasteiger partial charge in [0, 0.05) is 22.0 Å². The van der Waals surface area contributed by atoms with Crippen LogP contribution in [0.4, 0.5) is 0 Å². The Kier molecular flexibility index (Phi) is 3.58. The molecule has 0 unspecified atom stereocenters. The van der Waals surface area contributed by atoms with Crippen molar-refractivity contribution < 1.29 is 4.79 Å². The number of benzene rings is 1. The standard InChI is InChI=1S/C16H14ClN3O2/c1-9-5-13(10(2)19-9)15(21)7-20-8-18-14-6-11(17)3-4-12(14)16(20)22/h3-6,8,19H,7H2,1-2H3. The summed E-state index contributed by atoms with van der Waals surface area (Å²) in [5, 5.41) is 0.966. The fourth-order valence-corrected chi connectivity index (χ4v) is 2.66. The Morgan fingerprint density at radius 1 is 1.32 bits per heavy atom. The molecular formula is C16H14ClN3O2. The molecule has 2 aromatic heterocycles. The summed E-state index contributed by atoms with van der Waals surface area (Å²) in [6, 6.07) is 6.68. The molecule has 0 radical (unpaired) electrons. The van der Waals surface area contributed by atoms with E-state index < -0.39 is 0 Å². The maximum atomic E-state index is 12.4. The molecule has 5 nitrogen and oxygen atoms in total. The van der Waals surface area contributed by atoms with E-state index in [1.54, 1.807) is 24.3 Å². The summed E-state index contributed by atoms with van der Waals surface area (Å²) >= 11 is 5.89. The zero-order chi connectivity index (χ0) is 15.9. The van der Waals surface area contributed by atoms with Crippen molar-refractivity contribution >= 4 is 28.3 Å². The summed E-state index contributed by atoms with van der Waals surface area (Å²) in [5.41, 5.74) is 2.59. The lowest BCUT2D eigenvalue weighted by molar-refractivity contribution is 0.0970. The zero-order valence-electron chi connectivity index (χ0n) is 12.2. The van der Waals surface area contributed by atoms with Crippen molar-refractivity contribution in [1.82, 2.24) is 14.5 Å². The largest absolute Gasteiger partial charge is 0.362 e. The number of halogens is 1. The molecule has 0 saturated heterocycles. The molecule has 112 valence electrons. The zero-order valence-corrected chi connectivity index (χ0v) is 12.9. The predicted octanol–water partition coefficient (Wildman–Crippen LogP) is 2.88. The van der Waals surface area contributed by atoms with E-state index in [1.807, 2.05) is 13.8 Å². The van der Waals surface area contributed by atoms with E-state index >= 15 is 0 Å². The van der Waals surface area contributed by atoms with Gasteiger partial charge < -0.3 is 4.98 Å². The summed E-state index contributed by atoms with van der Waals surface area (Å²) in [4.78, 5) is 32.1. The molecular weight excluding hydrogens is 302 g/mol. The summed E-state index contributed by atoms with van der Waals surface area (Å²) in [7, 11) is 0. The van der Waals surface area contributed by atoms with Crippen LogP contribution in [-0.2, 0) is 6.54 Å². The minimum atomic E-state index is -0.250. The first-order chi connectivity index (χ1) is 10.5. The average molecular weight is 316 g/mol. The molecule has 0 aliphatic heterocycles. The first kappa shape index (κ1) is 14.5. The third kappa shape index (κ3) is 2.55. The lowest BCUT2D eigenvalue weighted by atomic mass is 10.1. The highest BCUT2D eigenvalue weighted by Gasteiger charge is 2.14. The highest BCUT2D eigenvalue weighted by molar-refractivity contribution is 6.31. The van der Waals surface area contributed by atoms with Crippen molar-refractivity contribution in [3.8, 4) is 0 Å². The topological polar surface area (TPSA) is 67.8 Å². The average Bonchev–Trinajstić information content (AvgIpc) is 2.81. The highest BCUT2D eigenvalue weighted by atomic mass is 35.5. The van der Waals surface area contributed by atoms with Gasteiger partial charge in [0.1, 0.15) is 0 Å². The van der Waals surface area contributed by atoms with Gasteiger partial charge >= 0.3 is 0 Å². The minimum absolute atomic E-state index is 0.0392. The van der Waals surface area contributed by atoms with Gasteiger partial charge in [0.25, 0.3) is 5.56 Å². The number of hydrogen-bond acceptors (Lipinski definition) is 3. The Bertz CT molecular complexity index is 940. The molecule has 3 rings (SSSR count). The van der Waals surface area contributed by atoms with Crippen LogP contribution >= 0.6 is 11.6 Å². The minimum Gasteiger partial charge on any atom is -0.362 e. The molecule has 3 aromatic rings. The van der Waals surface area contributed by atoms with Crippen molar-refractivity contribution in [2.75, 3.05) is 0 Å². The summed E-state index contributed by atoms with van der Waals surface area (Å²) in [6.07, 6.45) is 1.38. The number of aromatic amines is 1. The van der Waals surface area contributed by atoms with Gasteiger partial charge in [-0.2, -0.15) is 0 Å². The number of Topliss-reactive ketones (excluding diaryl/α,β-unsaturated/α-hetero) is 1. The van der Waals surface area contributed by atoms with Crippen LogP contribution in [0.3, 0.4) is 0 Å². The van der Waals surface area contributed by atoms with Crippen LogP contribution in [0.1, 0.15) is 21.7 Å². The number of nitrogens with one attached hydrogen (secondary N) is 1. The van der Waals surface area contributed by atoms with Gasteiger partial charge in [-0.15, -0.1) is 0 Å². The summed E-state index contributed by atoms with van der Waals surface area (Å²) < 4.78 is 1.32. The highest BCUT2D eigenvalue weighted by Crippen LogP contribution is 2.15. The number of H-pyrrole nitrogens is 1. The molecule has 0 atom stereocenters. The number of rotatable bonds is 3. The second kappa shape index (κ2) is 5.42. The molecule has 0 fully saturated rings. The number of fused-ring (bicyclic) bond motifs is 1. The van der Waals surface area contributed by atoms with Crippen LogP contribution in [0.15, 0.2) is 35.4 Å². The van der Waals surface area contributed by atoms with E-state index in [4.69, 9.17) is 11.6 Å². The van der Waals surface area contributed by atoms with E-state index in [9.17, 15) is 9.59 Å². The second-order valence-electron chi connectivity index (χ2n) is 5.25. The normalized spacial score (nSPS) is 11.0. The van der Waals surface area contributed by atoms with E-state index in [-0.39, 0.29) is 17.9 Å². The predicted molar refractivity (Wildman–Crippen MR) is 85.6 cm³/mol. The maximum Gasteiger partial charge on any atom is 0.261 e. The lowest BCUT2D eigenvalue weighted by Gasteiger charge is -2.06. The van der Waals surface area contributed by atoms with Crippen molar-refractivity contribution in [1.29, 1.82) is 0 Å². The number of ketones is 1. The maximum absolute atomic E-state index is 12.4. The van der Waals surface area contributed by atoms with Gasteiger partial charge in [0.05, 0.1) is 23.8 Å². The van der Waals surface area contributed by atoms with Gasteiger partial charge in [0.15, 0.2) is 5.78 Å². The molecule has 0 aliphatic rings. The van der Waals surface area contributed by atoms with Crippen molar-refractivity contribution in [2.45, 2.75) is 20.4 Å². The summed E-state index contributed by atoms with van der Waals surface area (Å²) in [6.45, 7) is 3.68. The van der Waals surface area contributed by atoms with Gasteiger partial charge in [-0.1, -0.05) is 11.6 Å². The first-order valence-corrected chi connectivity index (χ1v) is 7.17. The van der Waals surface area contributed by atoms with Crippen LogP contribution in [0.5, 0.6) is 0 Å². The number of nitrogens with zero attached hydrogens (tertiary/aromatic N) is 2. The second-order valence-corrected chi connectivity index (χ2v) is 5.69. The van der Waals surface area contributed by atoms with Crippen LogP contribution in [0.2, 0.25) is 5.02 Å². The Balaban J connectivity index is 1.99. The third-order valence-corrected chi connectivity index (χ3v) is 3.79.